The molecule has 1 N–H and O–H groups in total. The molecule has 108 valence electrons. The van der Waals surface area contributed by atoms with Crippen molar-refractivity contribution >= 4 is 0 Å². The molecule has 0 aliphatic heterocycles. The van der Waals surface area contributed by atoms with Gasteiger partial charge in [0.05, 0.1) is 6.61 Å². The normalized spacial score (nSPS) is 14.1. The third-order valence-electron chi connectivity index (χ3n) is 2.95. The number of benzene rings is 1. The molecule has 0 spiro atoms. The summed E-state index contributed by atoms with van der Waals surface area (Å²) >= 11 is 0. The van der Waals surface area contributed by atoms with E-state index in [0.29, 0.717) is 12.6 Å². The number of hydrogen-bond donors (Lipinski definition) is 1. The van der Waals surface area contributed by atoms with E-state index in [0.717, 1.165) is 25.3 Å². The second kappa shape index (κ2) is 8.94. The highest BCUT2D eigenvalue weighted by molar-refractivity contribution is 5.30. The minimum atomic E-state index is 0.0779. The maximum absolute atomic E-state index is 5.86. The predicted molar refractivity (Wildman–Crippen MR) is 79.7 cm³/mol. The zero-order valence-corrected chi connectivity index (χ0v) is 12.6. The Balaban J connectivity index is 2.56. The summed E-state index contributed by atoms with van der Waals surface area (Å²) in [6, 6.07) is 8.63. The lowest BCUT2D eigenvalue weighted by atomic mass is 10.1. The Morgan fingerprint density at radius 3 is 2.68 bits per heavy atom. The molecule has 0 aromatic heterocycles. The zero-order valence-electron chi connectivity index (χ0n) is 12.6. The summed E-state index contributed by atoms with van der Waals surface area (Å²) in [4.78, 5) is 0. The Bertz CT molecular complexity index is 354. The largest absolute Gasteiger partial charge is 0.488 e. The fraction of sp³-hybridized carbons (Fsp3) is 0.625. The molecule has 0 fully saturated rings. The molecular formula is C16H27NO2. The van der Waals surface area contributed by atoms with Crippen LogP contribution in [0.4, 0.5) is 0 Å². The van der Waals surface area contributed by atoms with E-state index in [-0.39, 0.29) is 6.10 Å². The van der Waals surface area contributed by atoms with Crippen LogP contribution < -0.4 is 10.1 Å². The Morgan fingerprint density at radius 1 is 1.21 bits per heavy atom. The van der Waals surface area contributed by atoms with Gasteiger partial charge in [-0.3, -0.25) is 0 Å². The van der Waals surface area contributed by atoms with Crippen LogP contribution in [0.2, 0.25) is 0 Å². The molecule has 1 aromatic rings. The van der Waals surface area contributed by atoms with Crippen molar-refractivity contribution in [2.45, 2.75) is 46.3 Å². The second-order valence-electron chi connectivity index (χ2n) is 4.84. The van der Waals surface area contributed by atoms with Gasteiger partial charge in [-0.25, -0.2) is 0 Å². The van der Waals surface area contributed by atoms with Crippen LogP contribution in [0.25, 0.3) is 0 Å². The molecule has 0 saturated heterocycles. The van der Waals surface area contributed by atoms with Gasteiger partial charge in [-0.1, -0.05) is 19.1 Å². The van der Waals surface area contributed by atoms with Crippen molar-refractivity contribution in [3.8, 4) is 5.75 Å². The molecule has 1 aromatic carbocycles. The van der Waals surface area contributed by atoms with Crippen molar-refractivity contribution in [2.75, 3.05) is 19.8 Å². The van der Waals surface area contributed by atoms with E-state index >= 15 is 0 Å². The Kier molecular flexibility index (Phi) is 7.53. The minimum absolute atomic E-state index is 0.0779. The molecule has 0 radical (unpaired) electrons. The average molecular weight is 265 g/mol. The molecule has 2 unspecified atom stereocenters. The maximum Gasteiger partial charge on any atom is 0.120 e. The molecule has 2 atom stereocenters. The van der Waals surface area contributed by atoms with E-state index in [1.807, 2.05) is 26.0 Å². The summed E-state index contributed by atoms with van der Waals surface area (Å²) < 4.78 is 11.2. The highest BCUT2D eigenvalue weighted by atomic mass is 16.5. The first-order valence-electron chi connectivity index (χ1n) is 7.25. The number of ether oxygens (including phenoxy) is 2. The predicted octanol–water partition coefficient (Wildman–Crippen LogP) is 3.55. The zero-order chi connectivity index (χ0) is 14.1. The minimum Gasteiger partial charge on any atom is -0.488 e. The van der Waals surface area contributed by atoms with Crippen LogP contribution in [0, 0.1) is 0 Å². The molecular weight excluding hydrogens is 238 g/mol. The van der Waals surface area contributed by atoms with Crippen LogP contribution >= 0.6 is 0 Å². The van der Waals surface area contributed by atoms with E-state index in [1.54, 1.807) is 0 Å². The van der Waals surface area contributed by atoms with Crippen LogP contribution in [-0.2, 0) is 4.74 Å². The van der Waals surface area contributed by atoms with Crippen LogP contribution in [0.3, 0.4) is 0 Å². The molecule has 0 aliphatic rings. The quantitative estimate of drug-likeness (QED) is 0.740. The standard InChI is InChI=1S/C16H27NO2/c1-5-10-17-14(4)15-8-7-9-16(11-15)19-13(3)12-18-6-2/h7-9,11,13-14,17H,5-6,10,12H2,1-4H3. The van der Waals surface area contributed by atoms with Gasteiger partial charge in [-0.05, 0) is 51.4 Å². The number of hydrogen-bond acceptors (Lipinski definition) is 3. The first-order chi connectivity index (χ1) is 9.17. The Morgan fingerprint density at radius 2 is 2.00 bits per heavy atom. The van der Waals surface area contributed by atoms with Gasteiger partial charge < -0.3 is 14.8 Å². The van der Waals surface area contributed by atoms with Gasteiger partial charge in [-0.15, -0.1) is 0 Å². The average Bonchev–Trinajstić information content (AvgIpc) is 2.42. The molecule has 3 nitrogen and oxygen atoms in total. The van der Waals surface area contributed by atoms with Crippen molar-refractivity contribution in [3.63, 3.8) is 0 Å². The summed E-state index contributed by atoms with van der Waals surface area (Å²) in [5.74, 6) is 0.912. The van der Waals surface area contributed by atoms with Crippen molar-refractivity contribution < 1.29 is 9.47 Å². The Hall–Kier alpha value is -1.06. The van der Waals surface area contributed by atoms with Crippen LogP contribution in [-0.4, -0.2) is 25.9 Å². The summed E-state index contributed by atoms with van der Waals surface area (Å²) in [6.07, 6.45) is 1.22. The highest BCUT2D eigenvalue weighted by Crippen LogP contribution is 2.20. The summed E-state index contributed by atoms with van der Waals surface area (Å²) in [7, 11) is 0. The van der Waals surface area contributed by atoms with Gasteiger partial charge >= 0.3 is 0 Å². The molecule has 0 heterocycles. The van der Waals surface area contributed by atoms with Crippen molar-refractivity contribution in [2.24, 2.45) is 0 Å². The molecule has 19 heavy (non-hydrogen) atoms. The lowest BCUT2D eigenvalue weighted by molar-refractivity contribution is 0.0656. The van der Waals surface area contributed by atoms with Gasteiger partial charge in [-0.2, -0.15) is 0 Å². The summed E-state index contributed by atoms with van der Waals surface area (Å²) in [5.41, 5.74) is 1.26. The van der Waals surface area contributed by atoms with E-state index < -0.39 is 0 Å². The fourth-order valence-electron chi connectivity index (χ4n) is 1.89. The molecule has 0 saturated carbocycles. The van der Waals surface area contributed by atoms with Crippen molar-refractivity contribution in [1.82, 2.24) is 5.32 Å². The van der Waals surface area contributed by atoms with Crippen molar-refractivity contribution in [3.05, 3.63) is 29.8 Å². The van der Waals surface area contributed by atoms with Gasteiger partial charge in [0.25, 0.3) is 0 Å². The van der Waals surface area contributed by atoms with Gasteiger partial charge in [0, 0.05) is 12.6 Å². The van der Waals surface area contributed by atoms with Crippen LogP contribution in [0.15, 0.2) is 24.3 Å². The fourth-order valence-corrected chi connectivity index (χ4v) is 1.89. The van der Waals surface area contributed by atoms with Crippen LogP contribution in [0.1, 0.15) is 45.7 Å². The molecule has 3 heteroatoms. The first-order valence-corrected chi connectivity index (χ1v) is 7.25. The van der Waals surface area contributed by atoms with E-state index in [2.05, 4.69) is 31.3 Å². The maximum atomic E-state index is 5.86. The summed E-state index contributed by atoms with van der Waals surface area (Å²) in [5, 5.41) is 3.48. The lowest BCUT2D eigenvalue weighted by Gasteiger charge is -2.17. The van der Waals surface area contributed by atoms with Gasteiger partial charge in [0.2, 0.25) is 0 Å². The van der Waals surface area contributed by atoms with E-state index in [1.165, 1.54) is 5.56 Å². The molecule has 0 aliphatic carbocycles. The van der Waals surface area contributed by atoms with Gasteiger partial charge in [0.15, 0.2) is 0 Å². The van der Waals surface area contributed by atoms with E-state index in [9.17, 15) is 0 Å². The van der Waals surface area contributed by atoms with E-state index in [4.69, 9.17) is 9.47 Å². The second-order valence-corrected chi connectivity index (χ2v) is 4.84. The van der Waals surface area contributed by atoms with Crippen molar-refractivity contribution in [1.29, 1.82) is 0 Å². The third-order valence-corrected chi connectivity index (χ3v) is 2.95. The summed E-state index contributed by atoms with van der Waals surface area (Å²) in [6.45, 7) is 10.8. The molecule has 0 bridgehead atoms. The lowest BCUT2D eigenvalue weighted by Crippen LogP contribution is -2.20. The topological polar surface area (TPSA) is 30.5 Å². The first kappa shape index (κ1) is 16.0. The highest BCUT2D eigenvalue weighted by Gasteiger charge is 2.08. The smallest absolute Gasteiger partial charge is 0.120 e. The molecule has 0 amide bonds. The van der Waals surface area contributed by atoms with Gasteiger partial charge in [0.1, 0.15) is 11.9 Å². The number of rotatable bonds is 9. The Labute approximate surface area is 117 Å². The third kappa shape index (κ3) is 6.08. The molecule has 1 rings (SSSR count). The number of nitrogens with one attached hydrogen (secondary N) is 1. The van der Waals surface area contributed by atoms with Crippen LogP contribution in [0.5, 0.6) is 5.75 Å². The SMILES string of the molecule is CCCNC(C)c1cccc(OC(C)COCC)c1. The monoisotopic (exact) mass is 265 g/mol.